The molecule has 1 aliphatic rings. The molecule has 2 aromatic carbocycles. The molecule has 2 heterocycles. The smallest absolute Gasteiger partial charge is 0.336 e. The zero-order chi connectivity index (χ0) is 22.0. The zero-order valence-corrected chi connectivity index (χ0v) is 18.0. The van der Waals surface area contributed by atoms with E-state index in [9.17, 15) is 4.79 Å². The summed E-state index contributed by atoms with van der Waals surface area (Å²) < 4.78 is 11.3. The fourth-order valence-corrected chi connectivity index (χ4v) is 3.93. The largest absolute Gasteiger partial charge is 0.489 e. The summed E-state index contributed by atoms with van der Waals surface area (Å²) in [6.45, 7) is 2.23. The molecule has 0 saturated heterocycles. The number of allylic oxidation sites excluding steroid dienone is 1. The summed E-state index contributed by atoms with van der Waals surface area (Å²) in [6.07, 6.45) is 0. The normalized spacial score (nSPS) is 15.1. The van der Waals surface area contributed by atoms with Crippen LogP contribution in [0.1, 0.15) is 29.5 Å². The number of rotatable bonds is 5. The fourth-order valence-electron chi connectivity index (χ4n) is 3.73. The average Bonchev–Trinajstić information content (AvgIpc) is 2.77. The van der Waals surface area contributed by atoms with Gasteiger partial charge in [-0.1, -0.05) is 42.5 Å². The lowest BCUT2D eigenvalue weighted by Gasteiger charge is -2.30. The molecule has 0 saturated carbocycles. The number of carbonyl (C=O) groups excluding carboxylic acids is 1. The van der Waals surface area contributed by atoms with Gasteiger partial charge in [-0.25, -0.2) is 9.78 Å². The third kappa shape index (κ3) is 4.15. The van der Waals surface area contributed by atoms with E-state index >= 15 is 0 Å². The maximum Gasteiger partial charge on any atom is 0.336 e. The van der Waals surface area contributed by atoms with Crippen LogP contribution in [0, 0.1) is 4.77 Å². The lowest BCUT2D eigenvalue weighted by Crippen LogP contribution is -2.26. The van der Waals surface area contributed by atoms with Gasteiger partial charge in [-0.05, 0) is 42.4 Å². The van der Waals surface area contributed by atoms with Crippen molar-refractivity contribution in [1.29, 1.82) is 0 Å². The van der Waals surface area contributed by atoms with Crippen LogP contribution in [-0.2, 0) is 16.1 Å². The number of nitrogens with one attached hydrogen (secondary N) is 2. The summed E-state index contributed by atoms with van der Waals surface area (Å²) in [5, 5.41) is 3.14. The number of carbonyl (C=O) groups is 1. The molecule has 0 radical (unpaired) electrons. The molecule has 4 N–H and O–H groups in total. The summed E-state index contributed by atoms with van der Waals surface area (Å²) in [5.41, 5.74) is 9.90. The molecule has 1 unspecified atom stereocenters. The third-order valence-electron chi connectivity index (χ3n) is 5.13. The second-order valence-corrected chi connectivity index (χ2v) is 7.54. The quantitative estimate of drug-likeness (QED) is 0.406. The van der Waals surface area contributed by atoms with Crippen LogP contribution in [0.4, 0.5) is 11.6 Å². The van der Waals surface area contributed by atoms with E-state index in [1.165, 1.54) is 7.11 Å². The molecule has 1 atom stereocenters. The fraction of sp³-hybridized carbons (Fsp3) is 0.174. The van der Waals surface area contributed by atoms with Crippen LogP contribution in [0.15, 0.2) is 65.9 Å². The van der Waals surface area contributed by atoms with E-state index in [-0.39, 0.29) is 4.77 Å². The number of aromatic nitrogens is 2. The van der Waals surface area contributed by atoms with Crippen LogP contribution in [0.5, 0.6) is 5.75 Å². The molecule has 1 aliphatic heterocycles. The molecular formula is C23H22N4O3S. The first-order valence-corrected chi connectivity index (χ1v) is 10.1. The number of H-pyrrole nitrogens is 1. The minimum atomic E-state index is -0.497. The first-order valence-electron chi connectivity index (χ1n) is 9.70. The number of aromatic amines is 1. The van der Waals surface area contributed by atoms with Crippen molar-refractivity contribution in [2.75, 3.05) is 18.2 Å². The van der Waals surface area contributed by atoms with Gasteiger partial charge in [0.25, 0.3) is 0 Å². The van der Waals surface area contributed by atoms with Crippen molar-refractivity contribution in [3.63, 3.8) is 0 Å². The minimum absolute atomic E-state index is 0.261. The Kier molecular flexibility index (Phi) is 5.73. The second-order valence-electron chi connectivity index (χ2n) is 7.15. The third-order valence-corrected chi connectivity index (χ3v) is 5.33. The Hall–Kier alpha value is -3.65. The van der Waals surface area contributed by atoms with Crippen molar-refractivity contribution < 1.29 is 14.3 Å². The molecule has 0 aliphatic carbocycles. The average molecular weight is 435 g/mol. The zero-order valence-electron chi connectivity index (χ0n) is 17.1. The molecule has 1 aromatic heterocycles. The minimum Gasteiger partial charge on any atom is -0.489 e. The first kappa shape index (κ1) is 20.6. The van der Waals surface area contributed by atoms with Crippen LogP contribution in [0.25, 0.3) is 0 Å². The molecule has 4 rings (SSSR count). The highest BCUT2D eigenvalue weighted by atomic mass is 32.1. The Morgan fingerprint density at radius 3 is 2.71 bits per heavy atom. The number of nitrogens with zero attached hydrogens (tertiary/aromatic N) is 1. The standard InChI is InChI=1S/C23H22N4O3S/c1-13-17(22(28)29-2)18(19-20(24)26-23(31)27-21(19)25-13)15-9-6-10-16(11-15)30-12-14-7-4-3-5-8-14/h3-11,18H,12H2,1-2H3,(H4,24,25,26,27,31). The predicted octanol–water partition coefficient (Wildman–Crippen LogP) is 4.30. The maximum atomic E-state index is 12.7. The van der Waals surface area contributed by atoms with Gasteiger partial charge >= 0.3 is 5.97 Å². The maximum absolute atomic E-state index is 12.7. The van der Waals surface area contributed by atoms with Crippen LogP contribution in [0.3, 0.4) is 0 Å². The van der Waals surface area contributed by atoms with Crippen molar-refractivity contribution in [1.82, 2.24) is 9.97 Å². The number of nitrogen functional groups attached to an aromatic ring is 1. The molecular weight excluding hydrogens is 412 g/mol. The Balaban J connectivity index is 1.77. The highest BCUT2D eigenvalue weighted by Gasteiger charge is 2.35. The predicted molar refractivity (Wildman–Crippen MR) is 121 cm³/mol. The number of hydrogen-bond donors (Lipinski definition) is 3. The van der Waals surface area contributed by atoms with Gasteiger partial charge in [0.15, 0.2) is 4.77 Å². The first-order chi connectivity index (χ1) is 15.0. The van der Waals surface area contributed by atoms with Gasteiger partial charge in [0.1, 0.15) is 24.0 Å². The van der Waals surface area contributed by atoms with Crippen LogP contribution in [-0.4, -0.2) is 23.0 Å². The molecule has 31 heavy (non-hydrogen) atoms. The number of anilines is 2. The highest BCUT2D eigenvalue weighted by Crippen LogP contribution is 2.44. The molecule has 0 bridgehead atoms. The molecule has 158 valence electrons. The number of nitrogens with two attached hydrogens (primary N) is 1. The summed E-state index contributed by atoms with van der Waals surface area (Å²) in [4.78, 5) is 20.0. The molecule has 0 amide bonds. The summed E-state index contributed by atoms with van der Waals surface area (Å²) >= 11 is 5.17. The Morgan fingerprint density at radius 2 is 1.97 bits per heavy atom. The van der Waals surface area contributed by atoms with Crippen molar-refractivity contribution in [2.45, 2.75) is 19.4 Å². The highest BCUT2D eigenvalue weighted by molar-refractivity contribution is 7.71. The van der Waals surface area contributed by atoms with E-state index in [2.05, 4.69) is 15.3 Å². The monoisotopic (exact) mass is 434 g/mol. The Morgan fingerprint density at radius 1 is 1.19 bits per heavy atom. The van der Waals surface area contributed by atoms with Crippen molar-refractivity contribution in [3.8, 4) is 5.75 Å². The van der Waals surface area contributed by atoms with Crippen LogP contribution in [0.2, 0.25) is 0 Å². The number of esters is 1. The molecule has 0 fully saturated rings. The molecule has 8 heteroatoms. The van der Waals surface area contributed by atoms with Crippen molar-refractivity contribution >= 4 is 29.8 Å². The molecule has 0 spiro atoms. The van der Waals surface area contributed by atoms with Gasteiger partial charge in [0.2, 0.25) is 0 Å². The van der Waals surface area contributed by atoms with E-state index in [4.69, 9.17) is 27.4 Å². The van der Waals surface area contributed by atoms with Crippen molar-refractivity contribution in [2.24, 2.45) is 0 Å². The molecule has 7 nitrogen and oxygen atoms in total. The van der Waals surface area contributed by atoms with Crippen LogP contribution >= 0.6 is 12.2 Å². The second kappa shape index (κ2) is 8.61. The van der Waals surface area contributed by atoms with Gasteiger partial charge < -0.3 is 25.5 Å². The Labute approximate surface area is 184 Å². The number of fused-ring (bicyclic) bond motifs is 1. The summed E-state index contributed by atoms with van der Waals surface area (Å²) in [5.74, 6) is 0.601. The summed E-state index contributed by atoms with van der Waals surface area (Å²) in [7, 11) is 1.36. The number of ether oxygens (including phenoxy) is 2. The van der Waals surface area contributed by atoms with Crippen LogP contribution < -0.4 is 15.8 Å². The van der Waals surface area contributed by atoms with E-state index < -0.39 is 11.9 Å². The van der Waals surface area contributed by atoms with E-state index in [1.807, 2.05) is 54.6 Å². The van der Waals surface area contributed by atoms with Gasteiger partial charge in [-0.2, -0.15) is 0 Å². The topological polar surface area (TPSA) is 102 Å². The number of methoxy groups -OCH3 is 1. The van der Waals surface area contributed by atoms with E-state index in [1.54, 1.807) is 6.92 Å². The van der Waals surface area contributed by atoms with E-state index in [0.717, 1.165) is 11.1 Å². The summed E-state index contributed by atoms with van der Waals surface area (Å²) in [6, 6.07) is 17.5. The SMILES string of the molecule is COC(=O)C1=C(C)Nc2nc(=S)[nH]c(N)c2C1c1cccc(OCc2ccccc2)c1. The van der Waals surface area contributed by atoms with Gasteiger partial charge in [-0.3, -0.25) is 0 Å². The van der Waals surface area contributed by atoms with Crippen molar-refractivity contribution in [3.05, 3.63) is 87.3 Å². The Bertz CT molecular complexity index is 1220. The molecule has 3 aromatic rings. The lowest BCUT2D eigenvalue weighted by molar-refractivity contribution is -0.136. The van der Waals surface area contributed by atoms with E-state index in [0.29, 0.717) is 40.8 Å². The van der Waals surface area contributed by atoms with Gasteiger partial charge in [0, 0.05) is 11.3 Å². The van der Waals surface area contributed by atoms with Gasteiger partial charge in [0.05, 0.1) is 18.6 Å². The number of benzene rings is 2. The van der Waals surface area contributed by atoms with Gasteiger partial charge in [-0.15, -0.1) is 0 Å². The number of hydrogen-bond acceptors (Lipinski definition) is 7. The lowest BCUT2D eigenvalue weighted by atomic mass is 9.82.